The van der Waals surface area contributed by atoms with E-state index >= 15 is 0 Å². The van der Waals surface area contributed by atoms with Gasteiger partial charge in [-0.05, 0) is 25.3 Å². The highest BCUT2D eigenvalue weighted by Gasteiger charge is 2.27. The summed E-state index contributed by atoms with van der Waals surface area (Å²) in [6.07, 6.45) is 2.40. The molecule has 1 aromatic heterocycles. The minimum atomic E-state index is 0.543. The molecular weight excluding hydrogens is 254 g/mol. The van der Waals surface area contributed by atoms with Crippen molar-refractivity contribution in [2.75, 3.05) is 5.73 Å². The van der Waals surface area contributed by atoms with Crippen LogP contribution in [0.2, 0.25) is 0 Å². The normalized spacial score (nSPS) is 14.6. The van der Waals surface area contributed by atoms with E-state index in [1.807, 2.05) is 6.07 Å². The summed E-state index contributed by atoms with van der Waals surface area (Å²) in [4.78, 5) is 8.92. The standard InChI is InChI=1S/C15H17N3S/c1-10-3-2-4-11(7-10)9-19-14-8-13(16)17-15(18-14)12-5-6-12/h2-4,7-8,12H,5-6,9H2,1H3,(H2,16,17,18). The summed E-state index contributed by atoms with van der Waals surface area (Å²) in [6.45, 7) is 2.11. The van der Waals surface area contributed by atoms with Gasteiger partial charge in [0.2, 0.25) is 0 Å². The van der Waals surface area contributed by atoms with Crippen LogP contribution in [0.4, 0.5) is 5.82 Å². The maximum absolute atomic E-state index is 5.85. The lowest BCUT2D eigenvalue weighted by molar-refractivity contribution is 0.883. The van der Waals surface area contributed by atoms with Crippen molar-refractivity contribution in [3.05, 3.63) is 47.3 Å². The molecule has 19 heavy (non-hydrogen) atoms. The van der Waals surface area contributed by atoms with Crippen molar-refractivity contribution in [2.24, 2.45) is 0 Å². The molecule has 1 heterocycles. The van der Waals surface area contributed by atoms with Crippen molar-refractivity contribution < 1.29 is 0 Å². The van der Waals surface area contributed by atoms with Crippen molar-refractivity contribution in [3.8, 4) is 0 Å². The number of aryl methyl sites for hydroxylation is 1. The largest absolute Gasteiger partial charge is 0.384 e. The first-order chi connectivity index (χ1) is 9.20. The fourth-order valence-electron chi connectivity index (χ4n) is 2.02. The van der Waals surface area contributed by atoms with Gasteiger partial charge >= 0.3 is 0 Å². The van der Waals surface area contributed by atoms with Gasteiger partial charge in [0.05, 0.1) is 0 Å². The Kier molecular flexibility index (Phi) is 3.42. The van der Waals surface area contributed by atoms with E-state index in [1.165, 1.54) is 24.0 Å². The maximum atomic E-state index is 5.85. The summed E-state index contributed by atoms with van der Waals surface area (Å²) in [5, 5.41) is 0.982. The first-order valence-electron chi connectivity index (χ1n) is 6.53. The molecule has 0 aliphatic heterocycles. The Morgan fingerprint density at radius 1 is 1.26 bits per heavy atom. The monoisotopic (exact) mass is 271 g/mol. The van der Waals surface area contributed by atoms with Gasteiger partial charge < -0.3 is 5.73 Å². The number of nitrogens with zero attached hydrogens (tertiary/aromatic N) is 2. The highest BCUT2D eigenvalue weighted by atomic mass is 32.2. The molecule has 0 atom stereocenters. The minimum absolute atomic E-state index is 0.543. The molecule has 1 aromatic carbocycles. The number of benzene rings is 1. The van der Waals surface area contributed by atoms with Crippen LogP contribution < -0.4 is 5.73 Å². The number of hydrogen-bond donors (Lipinski definition) is 1. The molecule has 0 unspecified atom stereocenters. The van der Waals surface area contributed by atoms with E-state index in [-0.39, 0.29) is 0 Å². The SMILES string of the molecule is Cc1cccc(CSc2cc(N)nc(C3CC3)n2)c1. The second-order valence-electron chi connectivity index (χ2n) is 5.04. The molecule has 98 valence electrons. The van der Waals surface area contributed by atoms with E-state index in [4.69, 9.17) is 5.73 Å². The molecule has 1 saturated carbocycles. The molecule has 2 aromatic rings. The summed E-state index contributed by atoms with van der Waals surface area (Å²) >= 11 is 1.72. The third-order valence-corrected chi connectivity index (χ3v) is 4.13. The molecule has 1 aliphatic rings. The zero-order valence-electron chi connectivity index (χ0n) is 11.0. The van der Waals surface area contributed by atoms with Crippen LogP contribution in [0.25, 0.3) is 0 Å². The van der Waals surface area contributed by atoms with Crippen LogP contribution in [0.1, 0.15) is 35.7 Å². The van der Waals surface area contributed by atoms with E-state index in [0.29, 0.717) is 11.7 Å². The lowest BCUT2D eigenvalue weighted by Crippen LogP contribution is -1.99. The van der Waals surface area contributed by atoms with Crippen molar-refractivity contribution in [1.82, 2.24) is 9.97 Å². The van der Waals surface area contributed by atoms with Gasteiger partial charge in [0.1, 0.15) is 16.7 Å². The Balaban J connectivity index is 1.72. The Morgan fingerprint density at radius 2 is 2.11 bits per heavy atom. The number of rotatable bonds is 4. The summed E-state index contributed by atoms with van der Waals surface area (Å²) in [5.41, 5.74) is 8.46. The minimum Gasteiger partial charge on any atom is -0.384 e. The second kappa shape index (κ2) is 5.21. The smallest absolute Gasteiger partial charge is 0.135 e. The Labute approximate surface area is 117 Å². The third kappa shape index (κ3) is 3.26. The quantitative estimate of drug-likeness (QED) is 0.682. The van der Waals surface area contributed by atoms with Crippen LogP contribution in [0, 0.1) is 6.92 Å². The van der Waals surface area contributed by atoms with Gasteiger partial charge in [-0.2, -0.15) is 0 Å². The van der Waals surface area contributed by atoms with Gasteiger partial charge in [0, 0.05) is 17.7 Å². The molecule has 0 radical (unpaired) electrons. The first kappa shape index (κ1) is 12.5. The van der Waals surface area contributed by atoms with Crippen molar-refractivity contribution in [2.45, 2.75) is 36.5 Å². The number of thioether (sulfide) groups is 1. The highest BCUT2D eigenvalue weighted by molar-refractivity contribution is 7.98. The van der Waals surface area contributed by atoms with Gasteiger partial charge in [-0.15, -0.1) is 11.8 Å². The molecule has 4 heteroatoms. The van der Waals surface area contributed by atoms with Gasteiger partial charge in [-0.25, -0.2) is 9.97 Å². The fourth-order valence-corrected chi connectivity index (χ4v) is 2.87. The maximum Gasteiger partial charge on any atom is 0.135 e. The zero-order valence-corrected chi connectivity index (χ0v) is 11.8. The Hall–Kier alpha value is -1.55. The fraction of sp³-hybridized carbons (Fsp3) is 0.333. The van der Waals surface area contributed by atoms with Crippen LogP contribution in [-0.4, -0.2) is 9.97 Å². The van der Waals surface area contributed by atoms with E-state index in [9.17, 15) is 0 Å². The topological polar surface area (TPSA) is 51.8 Å². The molecule has 0 bridgehead atoms. The van der Waals surface area contributed by atoms with Gasteiger partial charge in [0.25, 0.3) is 0 Å². The molecule has 1 fully saturated rings. The summed E-state index contributed by atoms with van der Waals surface area (Å²) in [6, 6.07) is 10.4. The number of aromatic nitrogens is 2. The first-order valence-corrected chi connectivity index (χ1v) is 7.52. The zero-order chi connectivity index (χ0) is 13.2. The van der Waals surface area contributed by atoms with Crippen molar-refractivity contribution in [1.29, 1.82) is 0 Å². The van der Waals surface area contributed by atoms with Crippen LogP contribution in [0.15, 0.2) is 35.4 Å². The van der Waals surface area contributed by atoms with Crippen LogP contribution >= 0.6 is 11.8 Å². The average Bonchev–Trinajstić information content (AvgIpc) is 3.20. The van der Waals surface area contributed by atoms with E-state index in [1.54, 1.807) is 11.8 Å². The molecule has 1 aliphatic carbocycles. The lowest BCUT2D eigenvalue weighted by Gasteiger charge is -2.05. The molecule has 3 nitrogen and oxygen atoms in total. The van der Waals surface area contributed by atoms with Crippen molar-refractivity contribution in [3.63, 3.8) is 0 Å². The van der Waals surface area contributed by atoms with E-state index < -0.39 is 0 Å². The highest BCUT2D eigenvalue weighted by Crippen LogP contribution is 2.39. The second-order valence-corrected chi connectivity index (χ2v) is 6.04. The average molecular weight is 271 g/mol. The molecule has 2 N–H and O–H groups in total. The number of anilines is 1. The summed E-state index contributed by atoms with van der Waals surface area (Å²) in [5.74, 6) is 2.97. The molecule has 0 amide bonds. The van der Waals surface area contributed by atoms with Crippen molar-refractivity contribution >= 4 is 17.6 Å². The molecule has 3 rings (SSSR count). The molecule has 0 spiro atoms. The van der Waals surface area contributed by atoms with Gasteiger partial charge in [-0.3, -0.25) is 0 Å². The predicted molar refractivity (Wildman–Crippen MR) is 79.2 cm³/mol. The Bertz CT molecular complexity index is 594. The van der Waals surface area contributed by atoms with E-state index in [0.717, 1.165) is 16.6 Å². The van der Waals surface area contributed by atoms with Gasteiger partial charge in [0.15, 0.2) is 0 Å². The molecular formula is C15H17N3S. The van der Waals surface area contributed by atoms with Crippen LogP contribution in [-0.2, 0) is 5.75 Å². The van der Waals surface area contributed by atoms with Crippen LogP contribution in [0.3, 0.4) is 0 Å². The molecule has 0 saturated heterocycles. The lowest BCUT2D eigenvalue weighted by atomic mass is 10.2. The Morgan fingerprint density at radius 3 is 2.84 bits per heavy atom. The summed E-state index contributed by atoms with van der Waals surface area (Å²) < 4.78 is 0. The van der Waals surface area contributed by atoms with Gasteiger partial charge in [-0.1, -0.05) is 29.8 Å². The number of nitrogens with two attached hydrogens (primary N) is 1. The number of hydrogen-bond acceptors (Lipinski definition) is 4. The summed E-state index contributed by atoms with van der Waals surface area (Å²) in [7, 11) is 0. The van der Waals surface area contributed by atoms with Crippen LogP contribution in [0.5, 0.6) is 0 Å². The third-order valence-electron chi connectivity index (χ3n) is 3.15. The van der Waals surface area contributed by atoms with E-state index in [2.05, 4.69) is 41.2 Å². The predicted octanol–water partition coefficient (Wildman–Crippen LogP) is 3.54. The number of nitrogen functional groups attached to an aromatic ring is 1.